The number of nitrogens with one attached hydrogen (secondary N) is 1. The molecule has 1 saturated carbocycles. The highest BCUT2D eigenvalue weighted by atomic mass is 16.2. The fourth-order valence-electron chi connectivity index (χ4n) is 5.35. The van der Waals surface area contributed by atoms with Crippen molar-refractivity contribution in [3.63, 3.8) is 0 Å². The van der Waals surface area contributed by atoms with Crippen molar-refractivity contribution in [2.75, 3.05) is 37.6 Å². The second-order valence-electron chi connectivity index (χ2n) is 9.80. The van der Waals surface area contributed by atoms with Crippen LogP contribution in [0, 0.1) is 5.92 Å². The molecule has 0 radical (unpaired) electrons. The van der Waals surface area contributed by atoms with E-state index in [0.29, 0.717) is 11.8 Å². The monoisotopic (exact) mass is 429 g/mol. The van der Waals surface area contributed by atoms with E-state index in [1.165, 1.54) is 35.2 Å². The molecule has 1 aromatic carbocycles. The lowest BCUT2D eigenvalue weighted by molar-refractivity contribution is -0.132. The Morgan fingerprint density at radius 2 is 1.84 bits per heavy atom. The second-order valence-corrected chi connectivity index (χ2v) is 9.80. The molecule has 32 heavy (non-hydrogen) atoms. The lowest BCUT2D eigenvalue weighted by Crippen LogP contribution is -2.49. The summed E-state index contributed by atoms with van der Waals surface area (Å²) >= 11 is 0. The van der Waals surface area contributed by atoms with Crippen LogP contribution in [0.3, 0.4) is 0 Å². The van der Waals surface area contributed by atoms with E-state index in [-0.39, 0.29) is 5.54 Å². The molecule has 6 nitrogen and oxygen atoms in total. The summed E-state index contributed by atoms with van der Waals surface area (Å²) in [7, 11) is 0. The summed E-state index contributed by atoms with van der Waals surface area (Å²) < 4.78 is 1.99. The van der Waals surface area contributed by atoms with Gasteiger partial charge in [-0.15, -0.1) is 0 Å². The number of carbonyl (C=O) groups is 1. The normalized spacial score (nSPS) is 23.8. The van der Waals surface area contributed by atoms with Gasteiger partial charge in [-0.3, -0.25) is 4.79 Å². The first-order valence-electron chi connectivity index (χ1n) is 12.0. The SMILES string of the molecule is C[C@@]1(c2ccc(-c3cc4c(N5CCN(C(=O)C6CC6)CC5)ccnn4c3)cc2)CCCN1. The van der Waals surface area contributed by atoms with Gasteiger partial charge >= 0.3 is 0 Å². The number of hydrogen-bond donors (Lipinski definition) is 1. The number of carbonyl (C=O) groups excluding carboxylic acids is 1. The van der Waals surface area contributed by atoms with Crippen molar-refractivity contribution in [1.29, 1.82) is 0 Å². The molecule has 3 aliphatic rings. The Bertz CT molecular complexity index is 1130. The highest BCUT2D eigenvalue weighted by Crippen LogP contribution is 2.34. The molecule has 1 N–H and O–H groups in total. The molecule has 3 aromatic rings. The molecule has 2 saturated heterocycles. The lowest BCUT2D eigenvalue weighted by atomic mass is 9.89. The van der Waals surface area contributed by atoms with Gasteiger partial charge in [0, 0.05) is 55.6 Å². The minimum atomic E-state index is 0.0990. The predicted octanol–water partition coefficient (Wildman–Crippen LogP) is 3.66. The molecule has 1 aliphatic carbocycles. The van der Waals surface area contributed by atoms with Gasteiger partial charge in [0.2, 0.25) is 5.91 Å². The Kier molecular flexibility index (Phi) is 4.72. The van der Waals surface area contributed by atoms with Crippen molar-refractivity contribution in [1.82, 2.24) is 19.8 Å². The third-order valence-electron chi connectivity index (χ3n) is 7.57. The van der Waals surface area contributed by atoms with Crippen LogP contribution in [-0.4, -0.2) is 53.1 Å². The molecule has 1 atom stereocenters. The Hall–Kier alpha value is -2.86. The average Bonchev–Trinajstić information content (AvgIpc) is 3.43. The summed E-state index contributed by atoms with van der Waals surface area (Å²) in [4.78, 5) is 16.8. The summed E-state index contributed by atoms with van der Waals surface area (Å²) in [5, 5.41) is 8.21. The van der Waals surface area contributed by atoms with E-state index in [4.69, 9.17) is 0 Å². The van der Waals surface area contributed by atoms with Crippen LogP contribution < -0.4 is 10.2 Å². The van der Waals surface area contributed by atoms with Crippen molar-refractivity contribution in [3.8, 4) is 11.1 Å². The van der Waals surface area contributed by atoms with E-state index in [1.807, 2.05) is 10.7 Å². The quantitative estimate of drug-likeness (QED) is 0.688. The third kappa shape index (κ3) is 3.47. The van der Waals surface area contributed by atoms with Crippen LogP contribution in [0.25, 0.3) is 16.6 Å². The molecule has 1 amide bonds. The molecule has 0 bridgehead atoms. The average molecular weight is 430 g/mol. The molecule has 3 fully saturated rings. The molecule has 166 valence electrons. The topological polar surface area (TPSA) is 52.9 Å². The molecule has 2 aromatic heterocycles. The van der Waals surface area contributed by atoms with Crippen molar-refractivity contribution in [2.45, 2.75) is 38.1 Å². The number of rotatable bonds is 4. The van der Waals surface area contributed by atoms with Gasteiger partial charge in [-0.05, 0) is 62.4 Å². The van der Waals surface area contributed by atoms with E-state index < -0.39 is 0 Å². The van der Waals surface area contributed by atoms with Crippen LogP contribution in [0.4, 0.5) is 5.69 Å². The first-order chi connectivity index (χ1) is 15.6. The number of aromatic nitrogens is 2. The van der Waals surface area contributed by atoms with Crippen LogP contribution >= 0.6 is 0 Å². The standard InChI is InChI=1S/C26H31N5O/c1-26(10-2-11-27-26)22-7-5-19(6-8-22)21-17-24-23(9-12-28-31(24)18-21)29-13-15-30(16-14-29)25(32)20-3-4-20/h5-9,12,17-18,20,27H,2-4,10-11,13-16H2,1H3/t26-/m0/s1. The van der Waals surface area contributed by atoms with Gasteiger partial charge in [0.05, 0.1) is 11.2 Å². The maximum absolute atomic E-state index is 12.4. The highest BCUT2D eigenvalue weighted by Gasteiger charge is 2.35. The minimum Gasteiger partial charge on any atom is -0.366 e. The number of piperazine rings is 1. The predicted molar refractivity (Wildman–Crippen MR) is 127 cm³/mol. The van der Waals surface area contributed by atoms with Gasteiger partial charge in [-0.1, -0.05) is 24.3 Å². The molecular formula is C26H31N5O. The van der Waals surface area contributed by atoms with Crippen molar-refractivity contribution >= 4 is 17.1 Å². The molecule has 6 heteroatoms. The summed E-state index contributed by atoms with van der Waals surface area (Å²) in [5.41, 5.74) is 6.18. The van der Waals surface area contributed by atoms with E-state index >= 15 is 0 Å². The van der Waals surface area contributed by atoms with E-state index in [9.17, 15) is 4.79 Å². The van der Waals surface area contributed by atoms with Gasteiger partial charge in [0.25, 0.3) is 0 Å². The molecule has 4 heterocycles. The summed E-state index contributed by atoms with van der Waals surface area (Å²) in [6.45, 7) is 6.77. The van der Waals surface area contributed by atoms with Crippen LogP contribution in [-0.2, 0) is 10.3 Å². The van der Waals surface area contributed by atoms with Crippen molar-refractivity contribution in [2.24, 2.45) is 5.92 Å². The number of anilines is 1. The maximum Gasteiger partial charge on any atom is 0.225 e. The highest BCUT2D eigenvalue weighted by molar-refractivity contribution is 5.82. The Balaban J connectivity index is 1.23. The van der Waals surface area contributed by atoms with Crippen LogP contribution in [0.5, 0.6) is 0 Å². The third-order valence-corrected chi connectivity index (χ3v) is 7.57. The van der Waals surface area contributed by atoms with Gasteiger partial charge < -0.3 is 15.1 Å². The van der Waals surface area contributed by atoms with Gasteiger partial charge in [-0.25, -0.2) is 4.52 Å². The Labute approximate surface area is 189 Å². The molecular weight excluding hydrogens is 398 g/mol. The zero-order valence-electron chi connectivity index (χ0n) is 18.8. The van der Waals surface area contributed by atoms with Crippen LogP contribution in [0.15, 0.2) is 48.8 Å². The number of benzene rings is 1. The van der Waals surface area contributed by atoms with Crippen molar-refractivity contribution in [3.05, 3.63) is 54.4 Å². The van der Waals surface area contributed by atoms with Gasteiger partial charge in [0.1, 0.15) is 0 Å². The van der Waals surface area contributed by atoms with E-state index in [0.717, 1.165) is 51.1 Å². The summed E-state index contributed by atoms with van der Waals surface area (Å²) in [6, 6.07) is 13.3. The molecule has 6 rings (SSSR count). The van der Waals surface area contributed by atoms with Gasteiger partial charge in [0.15, 0.2) is 0 Å². The minimum absolute atomic E-state index is 0.0990. The zero-order valence-corrected chi connectivity index (χ0v) is 18.8. The smallest absolute Gasteiger partial charge is 0.225 e. The van der Waals surface area contributed by atoms with Gasteiger partial charge in [-0.2, -0.15) is 5.10 Å². The number of fused-ring (bicyclic) bond motifs is 1. The summed E-state index contributed by atoms with van der Waals surface area (Å²) in [5.74, 6) is 0.667. The van der Waals surface area contributed by atoms with Crippen LogP contribution in [0.1, 0.15) is 38.2 Å². The molecule has 0 spiro atoms. The number of hydrogen-bond acceptors (Lipinski definition) is 4. The summed E-state index contributed by atoms with van der Waals surface area (Å²) in [6.07, 6.45) is 8.58. The molecule has 0 unspecified atom stereocenters. The second kappa shape index (κ2) is 7.62. The number of nitrogens with zero attached hydrogens (tertiary/aromatic N) is 4. The first-order valence-corrected chi connectivity index (χ1v) is 12.0. The van der Waals surface area contributed by atoms with Crippen LogP contribution in [0.2, 0.25) is 0 Å². The number of amides is 1. The molecule has 2 aliphatic heterocycles. The Morgan fingerprint density at radius 3 is 2.53 bits per heavy atom. The van der Waals surface area contributed by atoms with Crippen molar-refractivity contribution < 1.29 is 4.79 Å². The Morgan fingerprint density at radius 1 is 1.06 bits per heavy atom. The van der Waals surface area contributed by atoms with E-state index in [2.05, 4.69) is 69.7 Å². The fraction of sp³-hybridized carbons (Fsp3) is 0.462. The fourth-order valence-corrected chi connectivity index (χ4v) is 5.35. The zero-order chi connectivity index (χ0) is 21.7. The van der Waals surface area contributed by atoms with E-state index in [1.54, 1.807) is 0 Å². The maximum atomic E-state index is 12.4. The first kappa shape index (κ1) is 19.8. The lowest BCUT2D eigenvalue weighted by Gasteiger charge is -2.36. The largest absolute Gasteiger partial charge is 0.366 e.